The highest BCUT2D eigenvalue weighted by molar-refractivity contribution is 7.98. The summed E-state index contributed by atoms with van der Waals surface area (Å²) in [4.78, 5) is 4.59. The first kappa shape index (κ1) is 15.5. The lowest BCUT2D eigenvalue weighted by Gasteiger charge is -2.01. The summed E-state index contributed by atoms with van der Waals surface area (Å²) in [7, 11) is 1.91. The zero-order chi connectivity index (χ0) is 15.5. The maximum absolute atomic E-state index is 13.0. The number of thioether (sulfide) groups is 1. The van der Waals surface area contributed by atoms with Crippen LogP contribution in [0.4, 0.5) is 4.39 Å². The van der Waals surface area contributed by atoms with Crippen molar-refractivity contribution in [3.05, 3.63) is 57.0 Å². The molecule has 2 heterocycles. The van der Waals surface area contributed by atoms with Crippen LogP contribution >= 0.6 is 34.7 Å². The van der Waals surface area contributed by atoms with E-state index in [9.17, 15) is 4.39 Å². The van der Waals surface area contributed by atoms with Crippen LogP contribution in [-0.2, 0) is 19.2 Å². The van der Waals surface area contributed by atoms with E-state index in [-0.39, 0.29) is 5.82 Å². The minimum atomic E-state index is -0.325. The van der Waals surface area contributed by atoms with E-state index < -0.39 is 0 Å². The van der Waals surface area contributed by atoms with Crippen molar-refractivity contribution in [1.29, 1.82) is 0 Å². The van der Waals surface area contributed by atoms with Crippen molar-refractivity contribution in [1.82, 2.24) is 19.7 Å². The topological polar surface area (TPSA) is 43.6 Å². The smallest absolute Gasteiger partial charge is 0.191 e. The molecule has 8 heteroatoms. The van der Waals surface area contributed by atoms with Crippen molar-refractivity contribution in [2.75, 3.05) is 0 Å². The van der Waals surface area contributed by atoms with Crippen LogP contribution in [0.2, 0.25) is 5.02 Å². The Hall–Kier alpha value is -1.44. The predicted molar refractivity (Wildman–Crippen MR) is 86.9 cm³/mol. The van der Waals surface area contributed by atoms with E-state index in [4.69, 9.17) is 11.6 Å². The Morgan fingerprint density at radius 2 is 2.27 bits per heavy atom. The molecule has 0 saturated heterocycles. The Morgan fingerprint density at radius 1 is 1.41 bits per heavy atom. The largest absolute Gasteiger partial charge is 0.312 e. The molecule has 4 nitrogen and oxygen atoms in total. The Kier molecular flexibility index (Phi) is 4.75. The van der Waals surface area contributed by atoms with Crippen molar-refractivity contribution in [3.63, 3.8) is 0 Å². The minimum Gasteiger partial charge on any atom is -0.312 e. The third-order valence-corrected chi connectivity index (χ3v) is 5.29. The van der Waals surface area contributed by atoms with Gasteiger partial charge in [-0.2, -0.15) is 0 Å². The molecule has 0 atom stereocenters. The lowest BCUT2D eigenvalue weighted by Crippen LogP contribution is -1.92. The average Bonchev–Trinajstić information content (AvgIpc) is 3.09. The van der Waals surface area contributed by atoms with Gasteiger partial charge in [-0.25, -0.2) is 9.37 Å². The van der Waals surface area contributed by atoms with Crippen LogP contribution in [0, 0.1) is 5.82 Å². The van der Waals surface area contributed by atoms with Gasteiger partial charge in [-0.3, -0.25) is 0 Å². The Balaban J connectivity index is 1.65. The number of hydrogen-bond acceptors (Lipinski definition) is 5. The van der Waals surface area contributed by atoms with E-state index in [1.807, 2.05) is 17.0 Å². The summed E-state index contributed by atoms with van der Waals surface area (Å²) in [5.41, 5.74) is 1.87. The molecule has 0 aliphatic heterocycles. The zero-order valence-corrected chi connectivity index (χ0v) is 14.1. The van der Waals surface area contributed by atoms with Gasteiger partial charge < -0.3 is 4.57 Å². The molecule has 0 saturated carbocycles. The molecule has 3 aromatic rings. The van der Waals surface area contributed by atoms with E-state index in [0.29, 0.717) is 11.4 Å². The average molecular weight is 355 g/mol. The molecule has 0 amide bonds. The summed E-state index contributed by atoms with van der Waals surface area (Å²) in [5.74, 6) is 0.411. The van der Waals surface area contributed by atoms with E-state index >= 15 is 0 Å². The van der Waals surface area contributed by atoms with E-state index in [0.717, 1.165) is 27.2 Å². The van der Waals surface area contributed by atoms with E-state index in [1.165, 1.54) is 12.1 Å². The van der Waals surface area contributed by atoms with Crippen LogP contribution in [-0.4, -0.2) is 19.7 Å². The molecule has 0 aliphatic rings. The molecule has 1 aromatic carbocycles. The molecular weight excluding hydrogens is 343 g/mol. The number of nitrogens with zero attached hydrogens (tertiary/aromatic N) is 4. The van der Waals surface area contributed by atoms with Crippen LogP contribution in [0.3, 0.4) is 0 Å². The van der Waals surface area contributed by atoms with E-state index in [1.54, 1.807) is 35.5 Å². The molecule has 22 heavy (non-hydrogen) atoms. The van der Waals surface area contributed by atoms with Crippen molar-refractivity contribution < 1.29 is 4.39 Å². The summed E-state index contributed by atoms with van der Waals surface area (Å²) in [6.07, 6.45) is 2.28. The fourth-order valence-electron chi connectivity index (χ4n) is 1.87. The minimum absolute atomic E-state index is 0.325. The molecule has 2 aromatic heterocycles. The monoisotopic (exact) mass is 354 g/mol. The molecule has 114 valence electrons. The second-order valence-corrected chi connectivity index (χ2v) is 6.95. The zero-order valence-electron chi connectivity index (χ0n) is 11.7. The molecule has 0 radical (unpaired) electrons. The number of aryl methyl sites for hydroxylation is 1. The van der Waals surface area contributed by atoms with Crippen LogP contribution in [0.15, 0.2) is 35.1 Å². The highest BCUT2D eigenvalue weighted by Gasteiger charge is 2.09. The van der Waals surface area contributed by atoms with Gasteiger partial charge in [0.15, 0.2) is 5.16 Å². The lowest BCUT2D eigenvalue weighted by molar-refractivity contribution is 0.627. The quantitative estimate of drug-likeness (QED) is 0.651. The van der Waals surface area contributed by atoms with Gasteiger partial charge in [0, 0.05) is 29.6 Å². The maximum atomic E-state index is 13.0. The van der Waals surface area contributed by atoms with Gasteiger partial charge in [0.05, 0.1) is 10.7 Å². The van der Waals surface area contributed by atoms with Crippen LogP contribution in [0.1, 0.15) is 16.3 Å². The van der Waals surface area contributed by atoms with Crippen molar-refractivity contribution >= 4 is 34.7 Å². The molecular formula is C14H12ClFN4S2. The number of hydrogen-bond donors (Lipinski definition) is 0. The Morgan fingerprint density at radius 3 is 3.00 bits per heavy atom. The van der Waals surface area contributed by atoms with Gasteiger partial charge in [-0.05, 0) is 17.7 Å². The molecule has 0 N–H and O–H groups in total. The second-order valence-electron chi connectivity index (χ2n) is 4.66. The number of halogens is 2. The number of aromatic nitrogens is 4. The molecule has 0 unspecified atom stereocenters. The number of rotatable bonds is 5. The van der Waals surface area contributed by atoms with Crippen molar-refractivity contribution in [2.24, 2.45) is 7.05 Å². The summed E-state index contributed by atoms with van der Waals surface area (Å²) in [5, 5.41) is 12.1. The first-order valence-corrected chi connectivity index (χ1v) is 8.70. The molecule has 0 spiro atoms. The summed E-state index contributed by atoms with van der Waals surface area (Å²) in [6.45, 7) is 0. The second kappa shape index (κ2) is 6.76. The summed E-state index contributed by atoms with van der Waals surface area (Å²) in [6, 6.07) is 4.45. The fraction of sp³-hybridized carbons (Fsp3) is 0.214. The molecule has 0 fully saturated rings. The molecule has 3 rings (SSSR count). The van der Waals surface area contributed by atoms with Gasteiger partial charge in [-0.1, -0.05) is 29.4 Å². The van der Waals surface area contributed by atoms with Crippen LogP contribution in [0.25, 0.3) is 0 Å². The van der Waals surface area contributed by atoms with Crippen molar-refractivity contribution in [3.8, 4) is 0 Å². The first-order valence-electron chi connectivity index (χ1n) is 6.46. The lowest BCUT2D eigenvalue weighted by atomic mass is 10.1. The normalized spacial score (nSPS) is 11.0. The van der Waals surface area contributed by atoms with Crippen LogP contribution in [0.5, 0.6) is 0 Å². The van der Waals surface area contributed by atoms with Gasteiger partial charge in [-0.15, -0.1) is 21.5 Å². The molecule has 0 aliphatic carbocycles. The standard InChI is InChI=1S/C14H12ClFN4S2/c1-20-8-17-19-14(20)22-7-11-6-21-13(18-11)4-9-2-3-10(16)5-12(9)15/h2-3,5-6,8H,4,7H2,1H3. The number of thiazole rings is 1. The van der Waals surface area contributed by atoms with Crippen molar-refractivity contribution in [2.45, 2.75) is 17.3 Å². The highest BCUT2D eigenvalue weighted by atomic mass is 35.5. The highest BCUT2D eigenvalue weighted by Crippen LogP contribution is 2.25. The number of benzene rings is 1. The van der Waals surface area contributed by atoms with E-state index in [2.05, 4.69) is 15.2 Å². The fourth-order valence-corrected chi connectivity index (χ4v) is 3.80. The SMILES string of the molecule is Cn1cnnc1SCc1csc(Cc2ccc(F)cc2Cl)n1. The van der Waals surface area contributed by atoms with Gasteiger partial charge in [0.25, 0.3) is 0 Å². The Bertz CT molecular complexity index is 787. The maximum Gasteiger partial charge on any atom is 0.191 e. The van der Waals surface area contributed by atoms with Gasteiger partial charge in [0.2, 0.25) is 0 Å². The van der Waals surface area contributed by atoms with Gasteiger partial charge in [0.1, 0.15) is 12.1 Å². The third-order valence-electron chi connectivity index (χ3n) is 2.98. The summed E-state index contributed by atoms with van der Waals surface area (Å²) >= 11 is 9.22. The summed E-state index contributed by atoms with van der Waals surface area (Å²) < 4.78 is 14.9. The predicted octanol–water partition coefficient (Wildman–Crippen LogP) is 3.95. The Labute approximate surface area is 140 Å². The third kappa shape index (κ3) is 3.66. The van der Waals surface area contributed by atoms with Gasteiger partial charge >= 0.3 is 0 Å². The molecule has 0 bridgehead atoms. The van der Waals surface area contributed by atoms with Crippen LogP contribution < -0.4 is 0 Å². The first-order chi connectivity index (χ1) is 10.6.